The molecule has 0 radical (unpaired) electrons. The third-order valence-electron chi connectivity index (χ3n) is 3.12. The van der Waals surface area contributed by atoms with Gasteiger partial charge >= 0.3 is 0 Å². The number of hydrogen-bond acceptors (Lipinski definition) is 2. The van der Waals surface area contributed by atoms with Gasteiger partial charge in [0, 0.05) is 21.2 Å². The van der Waals surface area contributed by atoms with E-state index in [1.165, 1.54) is 0 Å². The molecule has 0 aromatic heterocycles. The van der Waals surface area contributed by atoms with Crippen LogP contribution in [0.5, 0.6) is 5.75 Å². The fraction of sp³-hybridized carbons (Fsp3) is 0.118. The van der Waals surface area contributed by atoms with Crippen molar-refractivity contribution >= 4 is 27.8 Å². The molecule has 0 spiro atoms. The Labute approximate surface area is 127 Å². The van der Waals surface area contributed by atoms with Gasteiger partial charge in [0.2, 0.25) is 0 Å². The van der Waals surface area contributed by atoms with Crippen LogP contribution in [0.15, 0.2) is 47.4 Å². The highest BCUT2D eigenvalue weighted by Gasteiger charge is 2.18. The first-order valence-electron chi connectivity index (χ1n) is 6.18. The molecule has 0 N–H and O–H groups in total. The van der Waals surface area contributed by atoms with Crippen LogP contribution in [0.4, 0.5) is 0 Å². The van der Waals surface area contributed by atoms with Crippen molar-refractivity contribution in [2.75, 3.05) is 7.11 Å². The lowest BCUT2D eigenvalue weighted by atomic mass is 9.97. The Hall–Kier alpha value is -1.87. The average Bonchev–Trinajstić information content (AvgIpc) is 2.46. The summed E-state index contributed by atoms with van der Waals surface area (Å²) in [6, 6.07) is 11.1. The number of ether oxygens (including phenoxy) is 1. The van der Waals surface area contributed by atoms with E-state index in [2.05, 4.69) is 22.5 Å². The van der Waals surface area contributed by atoms with E-state index in [1.807, 2.05) is 43.3 Å². The van der Waals surface area contributed by atoms with E-state index in [9.17, 15) is 4.79 Å². The summed E-state index contributed by atoms with van der Waals surface area (Å²) in [7, 11) is 1.58. The van der Waals surface area contributed by atoms with E-state index in [1.54, 1.807) is 13.2 Å². The number of methoxy groups -OCH3 is 1. The normalized spacial score (nSPS) is 10.2. The van der Waals surface area contributed by atoms with Crippen LogP contribution in [0.3, 0.4) is 0 Å². The Kier molecular flexibility index (Phi) is 4.40. The van der Waals surface area contributed by atoms with Crippen molar-refractivity contribution in [2.24, 2.45) is 0 Å². The largest absolute Gasteiger partial charge is 0.496 e. The molecule has 0 saturated carbocycles. The molecular weight excluding hydrogens is 316 g/mol. The second-order valence-corrected chi connectivity index (χ2v) is 5.29. The first-order chi connectivity index (χ1) is 9.58. The summed E-state index contributed by atoms with van der Waals surface area (Å²) in [4.78, 5) is 12.7. The number of benzene rings is 2. The zero-order valence-corrected chi connectivity index (χ0v) is 13.0. The highest BCUT2D eigenvalue weighted by molar-refractivity contribution is 9.10. The van der Waals surface area contributed by atoms with Crippen LogP contribution in [0.1, 0.15) is 27.0 Å². The molecule has 0 atom stereocenters. The number of hydrogen-bond donors (Lipinski definition) is 0. The third kappa shape index (κ3) is 2.68. The summed E-state index contributed by atoms with van der Waals surface area (Å²) in [5.41, 5.74) is 3.04. The number of ketones is 1. The van der Waals surface area contributed by atoms with Gasteiger partial charge in [0.15, 0.2) is 5.78 Å². The Morgan fingerprint density at radius 3 is 2.40 bits per heavy atom. The van der Waals surface area contributed by atoms with Crippen molar-refractivity contribution in [3.05, 3.63) is 69.7 Å². The monoisotopic (exact) mass is 330 g/mol. The minimum atomic E-state index is -0.0503. The maximum absolute atomic E-state index is 12.7. The summed E-state index contributed by atoms with van der Waals surface area (Å²) >= 11 is 3.44. The highest BCUT2D eigenvalue weighted by atomic mass is 79.9. The summed E-state index contributed by atoms with van der Waals surface area (Å²) in [5, 5.41) is 0. The first kappa shape index (κ1) is 14.5. The molecule has 2 rings (SSSR count). The molecule has 0 aliphatic carbocycles. The van der Waals surface area contributed by atoms with E-state index in [4.69, 9.17) is 4.74 Å². The van der Waals surface area contributed by atoms with E-state index in [-0.39, 0.29) is 5.78 Å². The van der Waals surface area contributed by atoms with Gasteiger partial charge in [-0.15, -0.1) is 0 Å². The van der Waals surface area contributed by atoms with E-state index in [0.29, 0.717) is 22.4 Å². The predicted octanol–water partition coefficient (Wildman–Crippen LogP) is 4.64. The maximum Gasteiger partial charge on any atom is 0.194 e. The predicted molar refractivity (Wildman–Crippen MR) is 85.4 cm³/mol. The van der Waals surface area contributed by atoms with E-state index in [0.717, 1.165) is 10.0 Å². The summed E-state index contributed by atoms with van der Waals surface area (Å²) in [6.07, 6.45) is 1.64. The molecule has 20 heavy (non-hydrogen) atoms. The summed E-state index contributed by atoms with van der Waals surface area (Å²) < 4.78 is 6.03. The minimum Gasteiger partial charge on any atom is -0.496 e. The van der Waals surface area contributed by atoms with Gasteiger partial charge in [-0.05, 0) is 19.1 Å². The van der Waals surface area contributed by atoms with Crippen molar-refractivity contribution < 1.29 is 9.53 Å². The molecule has 0 unspecified atom stereocenters. The maximum atomic E-state index is 12.7. The van der Waals surface area contributed by atoms with E-state index < -0.39 is 0 Å². The van der Waals surface area contributed by atoms with Crippen LogP contribution >= 0.6 is 15.9 Å². The molecule has 2 nitrogen and oxygen atoms in total. The van der Waals surface area contributed by atoms with Crippen molar-refractivity contribution in [3.63, 3.8) is 0 Å². The molecule has 2 aromatic rings. The number of aryl methyl sites for hydroxylation is 1. The molecule has 0 amide bonds. The lowest BCUT2D eigenvalue weighted by Crippen LogP contribution is -2.06. The lowest BCUT2D eigenvalue weighted by Gasteiger charge is -2.12. The van der Waals surface area contributed by atoms with Crippen molar-refractivity contribution in [3.8, 4) is 5.75 Å². The third-order valence-corrected chi connectivity index (χ3v) is 3.78. The van der Waals surface area contributed by atoms with Gasteiger partial charge in [-0.3, -0.25) is 4.79 Å². The minimum absolute atomic E-state index is 0.0503. The second kappa shape index (κ2) is 6.06. The molecule has 102 valence electrons. The fourth-order valence-corrected chi connectivity index (χ4v) is 2.56. The van der Waals surface area contributed by atoms with Gasteiger partial charge in [0.1, 0.15) is 5.75 Å². The lowest BCUT2D eigenvalue weighted by molar-refractivity contribution is 0.103. The molecule has 3 heteroatoms. The molecule has 0 saturated heterocycles. The average molecular weight is 331 g/mol. The highest BCUT2D eigenvalue weighted by Crippen LogP contribution is 2.31. The van der Waals surface area contributed by atoms with Gasteiger partial charge in [-0.2, -0.15) is 0 Å². The molecule has 0 heterocycles. The van der Waals surface area contributed by atoms with Gasteiger partial charge < -0.3 is 4.74 Å². The second-order valence-electron chi connectivity index (χ2n) is 4.44. The van der Waals surface area contributed by atoms with Gasteiger partial charge in [0.25, 0.3) is 0 Å². The van der Waals surface area contributed by atoms with Crippen LogP contribution < -0.4 is 4.74 Å². The molecule has 2 aromatic carbocycles. The topological polar surface area (TPSA) is 26.3 Å². The number of rotatable bonds is 4. The first-order valence-corrected chi connectivity index (χ1v) is 6.98. The van der Waals surface area contributed by atoms with Crippen molar-refractivity contribution in [2.45, 2.75) is 6.92 Å². The molecule has 0 bridgehead atoms. The van der Waals surface area contributed by atoms with Crippen LogP contribution in [-0.4, -0.2) is 12.9 Å². The van der Waals surface area contributed by atoms with Crippen LogP contribution in [-0.2, 0) is 0 Å². The van der Waals surface area contributed by atoms with Gasteiger partial charge in [0.05, 0.1) is 7.11 Å². The molecule has 0 aliphatic rings. The SMILES string of the molecule is C=Cc1c(OC)ccc(Br)c1C(=O)c1ccc(C)cc1. The quantitative estimate of drug-likeness (QED) is 0.763. The summed E-state index contributed by atoms with van der Waals surface area (Å²) in [5.74, 6) is 0.587. The molecule has 0 fully saturated rings. The molecule has 0 aliphatic heterocycles. The van der Waals surface area contributed by atoms with Crippen molar-refractivity contribution in [1.82, 2.24) is 0 Å². The fourth-order valence-electron chi connectivity index (χ4n) is 2.03. The van der Waals surface area contributed by atoms with Gasteiger partial charge in [-0.1, -0.05) is 58.4 Å². The standard InChI is InChI=1S/C17H15BrO2/c1-4-13-15(20-3)10-9-14(18)16(13)17(19)12-7-5-11(2)6-8-12/h4-10H,1H2,2-3H3. The van der Waals surface area contributed by atoms with E-state index >= 15 is 0 Å². The zero-order valence-electron chi connectivity index (χ0n) is 11.4. The summed E-state index contributed by atoms with van der Waals surface area (Å²) in [6.45, 7) is 5.77. The number of carbonyl (C=O) groups excluding carboxylic acids is 1. The Balaban J connectivity index is 2.59. The Morgan fingerprint density at radius 1 is 1.20 bits per heavy atom. The smallest absolute Gasteiger partial charge is 0.194 e. The van der Waals surface area contributed by atoms with Crippen LogP contribution in [0.2, 0.25) is 0 Å². The van der Waals surface area contributed by atoms with Crippen LogP contribution in [0.25, 0.3) is 6.08 Å². The van der Waals surface area contributed by atoms with Gasteiger partial charge in [-0.25, -0.2) is 0 Å². The van der Waals surface area contributed by atoms with Crippen LogP contribution in [0, 0.1) is 6.92 Å². The zero-order chi connectivity index (χ0) is 14.7. The van der Waals surface area contributed by atoms with Crippen molar-refractivity contribution in [1.29, 1.82) is 0 Å². The Morgan fingerprint density at radius 2 is 1.85 bits per heavy atom. The molecular formula is C17H15BrO2. The Bertz CT molecular complexity index is 657. The number of carbonyl (C=O) groups is 1. The number of halogens is 1.